The molecule has 0 saturated carbocycles. The van der Waals surface area contributed by atoms with Gasteiger partial charge in [0.15, 0.2) is 11.5 Å². The van der Waals surface area contributed by atoms with Crippen LogP contribution >= 0.6 is 11.3 Å². The third-order valence-corrected chi connectivity index (χ3v) is 6.57. The molecule has 31 heavy (non-hydrogen) atoms. The monoisotopic (exact) mass is 440 g/mol. The van der Waals surface area contributed by atoms with E-state index >= 15 is 0 Å². The van der Waals surface area contributed by atoms with Crippen LogP contribution in [0, 0.1) is 0 Å². The Labute approximate surface area is 183 Å². The van der Waals surface area contributed by atoms with Gasteiger partial charge in [0.25, 0.3) is 11.5 Å². The van der Waals surface area contributed by atoms with Gasteiger partial charge in [-0.05, 0) is 68.9 Å². The van der Waals surface area contributed by atoms with Crippen LogP contribution in [0.25, 0.3) is 10.2 Å². The topological polar surface area (TPSA) is 106 Å². The number of hydrogen-bond acceptors (Lipinski definition) is 7. The average Bonchev–Trinajstić information content (AvgIpc) is 3.15. The van der Waals surface area contributed by atoms with Crippen LogP contribution in [0.15, 0.2) is 34.4 Å². The lowest BCUT2D eigenvalue weighted by Crippen LogP contribution is -2.34. The number of aromatic nitrogens is 2. The summed E-state index contributed by atoms with van der Waals surface area (Å²) in [5.74, 6) is -0.0434. The van der Waals surface area contributed by atoms with Crippen molar-refractivity contribution in [3.63, 3.8) is 0 Å². The normalized spacial score (nSPS) is 14.5. The summed E-state index contributed by atoms with van der Waals surface area (Å²) in [4.78, 5) is 32.1. The molecule has 0 radical (unpaired) electrons. The van der Waals surface area contributed by atoms with Gasteiger partial charge in [-0.2, -0.15) is 5.10 Å². The van der Waals surface area contributed by atoms with Crippen molar-refractivity contribution in [1.82, 2.24) is 15.0 Å². The largest absolute Gasteiger partial charge is 0.504 e. The van der Waals surface area contributed by atoms with Gasteiger partial charge in [0.2, 0.25) is 0 Å². The number of amides is 1. The van der Waals surface area contributed by atoms with Crippen molar-refractivity contribution in [3.8, 4) is 11.5 Å². The maximum atomic E-state index is 13.1. The predicted molar refractivity (Wildman–Crippen MR) is 120 cm³/mol. The predicted octanol–water partition coefficient (Wildman–Crippen LogP) is 3.15. The van der Waals surface area contributed by atoms with Crippen LogP contribution in [0.2, 0.25) is 0 Å². The van der Waals surface area contributed by atoms with Crippen LogP contribution in [0.5, 0.6) is 11.5 Å². The third kappa shape index (κ3) is 4.18. The zero-order chi connectivity index (χ0) is 22.0. The molecule has 1 aliphatic carbocycles. The maximum Gasteiger partial charge on any atom is 0.263 e. The molecule has 162 valence electrons. The van der Waals surface area contributed by atoms with Crippen LogP contribution in [0.1, 0.15) is 48.7 Å². The number of nitrogens with one attached hydrogen (secondary N) is 1. The molecule has 1 aliphatic rings. The van der Waals surface area contributed by atoms with E-state index in [0.717, 1.165) is 36.1 Å². The second kappa shape index (κ2) is 8.89. The molecule has 2 aromatic heterocycles. The highest BCUT2D eigenvalue weighted by atomic mass is 32.1. The Balaban J connectivity index is 1.51. The summed E-state index contributed by atoms with van der Waals surface area (Å²) in [6.07, 6.45) is 6.97. The number of phenolic OH excluding ortho intramolecular Hbond substituents is 1. The minimum absolute atomic E-state index is 0.0366. The Bertz CT molecular complexity index is 1210. The molecule has 2 N–H and O–H groups in total. The Morgan fingerprint density at radius 2 is 2.23 bits per heavy atom. The fourth-order valence-corrected chi connectivity index (χ4v) is 4.93. The lowest BCUT2D eigenvalue weighted by Gasteiger charge is -2.14. The number of ether oxygens (including phenoxy) is 1. The maximum absolute atomic E-state index is 13.1. The summed E-state index contributed by atoms with van der Waals surface area (Å²) in [5, 5.41) is 14.4. The first kappa shape index (κ1) is 21.0. The Morgan fingerprint density at radius 3 is 3.03 bits per heavy atom. The average molecular weight is 441 g/mol. The summed E-state index contributed by atoms with van der Waals surface area (Å²) in [5.41, 5.74) is 4.04. The third-order valence-electron chi connectivity index (χ3n) is 5.37. The minimum Gasteiger partial charge on any atom is -0.504 e. The zero-order valence-corrected chi connectivity index (χ0v) is 18.2. The van der Waals surface area contributed by atoms with Crippen LogP contribution in [0.3, 0.4) is 0 Å². The van der Waals surface area contributed by atoms with Crippen molar-refractivity contribution in [3.05, 3.63) is 50.9 Å². The highest BCUT2D eigenvalue weighted by molar-refractivity contribution is 7.18. The summed E-state index contributed by atoms with van der Waals surface area (Å²) in [6, 6.07) is 4.01. The van der Waals surface area contributed by atoms with E-state index in [-0.39, 0.29) is 11.3 Å². The van der Waals surface area contributed by atoms with E-state index in [0.29, 0.717) is 23.3 Å². The number of phenols is 1. The Morgan fingerprint density at radius 1 is 1.42 bits per heavy atom. The van der Waals surface area contributed by atoms with E-state index in [2.05, 4.69) is 15.5 Å². The van der Waals surface area contributed by atoms with Crippen LogP contribution < -0.4 is 15.7 Å². The van der Waals surface area contributed by atoms with Gasteiger partial charge in [-0.3, -0.25) is 14.2 Å². The van der Waals surface area contributed by atoms with Crippen molar-refractivity contribution in [2.75, 3.05) is 6.61 Å². The Kier molecular flexibility index (Phi) is 6.03. The van der Waals surface area contributed by atoms with Crippen LogP contribution in [-0.4, -0.2) is 33.4 Å². The number of hydrazone groups is 1. The molecule has 1 amide bonds. The molecule has 1 atom stereocenters. The summed E-state index contributed by atoms with van der Waals surface area (Å²) in [7, 11) is 0. The minimum atomic E-state index is -0.764. The molecule has 8 nitrogen and oxygen atoms in total. The van der Waals surface area contributed by atoms with Gasteiger partial charge in [0, 0.05) is 4.88 Å². The van der Waals surface area contributed by atoms with Crippen molar-refractivity contribution >= 4 is 33.7 Å². The molecule has 4 rings (SSSR count). The highest BCUT2D eigenvalue weighted by Gasteiger charge is 2.23. The van der Waals surface area contributed by atoms with E-state index in [1.165, 1.54) is 28.1 Å². The number of aromatic hydroxyl groups is 1. The van der Waals surface area contributed by atoms with Crippen molar-refractivity contribution in [2.24, 2.45) is 5.10 Å². The second-order valence-corrected chi connectivity index (χ2v) is 8.50. The van der Waals surface area contributed by atoms with Gasteiger partial charge in [0.05, 0.1) is 24.5 Å². The highest BCUT2D eigenvalue weighted by Crippen LogP contribution is 2.33. The molecule has 0 aliphatic heterocycles. The number of benzene rings is 1. The van der Waals surface area contributed by atoms with E-state index in [4.69, 9.17) is 4.74 Å². The SMILES string of the molecule is CCOc1cc(C=NNC(=O)C(C)n2cnc3sc4c(c3c2=O)CCCC4)ccc1O. The molecule has 9 heteroatoms. The first-order chi connectivity index (χ1) is 15.0. The zero-order valence-electron chi connectivity index (χ0n) is 17.4. The van der Waals surface area contributed by atoms with Gasteiger partial charge in [-0.15, -0.1) is 11.3 Å². The molecule has 0 fully saturated rings. The molecule has 3 aromatic rings. The first-order valence-corrected chi connectivity index (χ1v) is 11.1. The number of carbonyl (C=O) groups excluding carboxylic acids is 1. The van der Waals surface area contributed by atoms with Gasteiger partial charge in [-0.1, -0.05) is 0 Å². The fourth-order valence-electron chi connectivity index (χ4n) is 3.71. The number of hydrogen-bond donors (Lipinski definition) is 2. The van der Waals surface area contributed by atoms with Crippen LogP contribution in [0.4, 0.5) is 0 Å². The molecule has 2 heterocycles. The lowest BCUT2D eigenvalue weighted by atomic mass is 9.97. The molecule has 0 bridgehead atoms. The quantitative estimate of drug-likeness (QED) is 0.452. The number of fused-ring (bicyclic) bond motifs is 3. The summed E-state index contributed by atoms with van der Waals surface area (Å²) in [6.45, 7) is 3.89. The molecule has 1 aromatic carbocycles. The number of aryl methyl sites for hydroxylation is 2. The Hall–Kier alpha value is -3.20. The molecule has 0 spiro atoms. The van der Waals surface area contributed by atoms with Crippen molar-refractivity contribution < 1.29 is 14.6 Å². The van der Waals surface area contributed by atoms with E-state index < -0.39 is 11.9 Å². The smallest absolute Gasteiger partial charge is 0.263 e. The van der Waals surface area contributed by atoms with Gasteiger partial charge in [-0.25, -0.2) is 10.4 Å². The van der Waals surface area contributed by atoms with E-state index in [1.54, 1.807) is 30.4 Å². The molecular weight excluding hydrogens is 416 g/mol. The molecule has 0 saturated heterocycles. The van der Waals surface area contributed by atoms with Gasteiger partial charge in [0.1, 0.15) is 10.9 Å². The van der Waals surface area contributed by atoms with Gasteiger partial charge >= 0.3 is 0 Å². The lowest BCUT2D eigenvalue weighted by molar-refractivity contribution is -0.123. The fraction of sp³-hybridized carbons (Fsp3) is 0.364. The summed E-state index contributed by atoms with van der Waals surface area (Å²) < 4.78 is 6.70. The second-order valence-electron chi connectivity index (χ2n) is 7.42. The first-order valence-electron chi connectivity index (χ1n) is 10.3. The molecular formula is C22H24N4O4S. The van der Waals surface area contributed by atoms with E-state index in [1.807, 2.05) is 6.92 Å². The number of thiophene rings is 1. The molecule has 1 unspecified atom stereocenters. The summed E-state index contributed by atoms with van der Waals surface area (Å²) >= 11 is 1.58. The number of rotatable bonds is 6. The standard InChI is InChI=1S/C22H24N4O4S/c1-3-30-17-10-14(8-9-16(17)27)11-24-25-20(28)13(2)26-12-23-21-19(22(26)29)15-6-4-5-7-18(15)31-21/h8-13,27H,3-7H2,1-2H3,(H,25,28). The van der Waals surface area contributed by atoms with Gasteiger partial charge < -0.3 is 9.84 Å². The van der Waals surface area contributed by atoms with Crippen molar-refractivity contribution in [1.29, 1.82) is 0 Å². The van der Waals surface area contributed by atoms with Crippen LogP contribution in [-0.2, 0) is 17.6 Å². The van der Waals surface area contributed by atoms with Crippen molar-refractivity contribution in [2.45, 2.75) is 45.6 Å². The number of carbonyl (C=O) groups is 1. The number of nitrogens with zero attached hydrogens (tertiary/aromatic N) is 3. The van der Waals surface area contributed by atoms with E-state index in [9.17, 15) is 14.7 Å².